The number of amides is 1. The molecule has 9 nitrogen and oxygen atoms in total. The molecule has 1 aromatic heterocycles. The maximum atomic E-state index is 13.6. The summed E-state index contributed by atoms with van der Waals surface area (Å²) in [5.74, 6) is -0.332. The van der Waals surface area contributed by atoms with Gasteiger partial charge in [0.25, 0.3) is 0 Å². The minimum atomic E-state index is -0.828. The first-order valence-corrected chi connectivity index (χ1v) is 13.9. The van der Waals surface area contributed by atoms with Crippen LogP contribution in [0.1, 0.15) is 56.2 Å². The fourth-order valence-electron chi connectivity index (χ4n) is 5.82. The highest BCUT2D eigenvalue weighted by atomic mass is 16.7. The summed E-state index contributed by atoms with van der Waals surface area (Å²) in [6.07, 6.45) is 7.12. The van der Waals surface area contributed by atoms with E-state index in [-0.39, 0.29) is 31.2 Å². The summed E-state index contributed by atoms with van der Waals surface area (Å²) in [7, 11) is 2.00. The second-order valence-electron chi connectivity index (χ2n) is 10.5. The molecular formula is C29H42N4O5. The molecule has 1 saturated heterocycles. The van der Waals surface area contributed by atoms with Gasteiger partial charge in [-0.05, 0) is 68.5 Å². The minimum Gasteiger partial charge on any atom is -0.481 e. The van der Waals surface area contributed by atoms with Crippen molar-refractivity contribution in [3.8, 4) is 11.5 Å². The van der Waals surface area contributed by atoms with Crippen molar-refractivity contribution in [1.82, 2.24) is 14.4 Å². The van der Waals surface area contributed by atoms with Gasteiger partial charge in [0, 0.05) is 50.5 Å². The number of aryl methyl sites for hydroxylation is 2. The number of hydrogen-bond donors (Lipinski definition) is 2. The fourth-order valence-corrected chi connectivity index (χ4v) is 5.82. The first kappa shape index (κ1) is 28.0. The number of unbranched alkanes of at least 4 members (excludes halogenated alkanes) is 2. The van der Waals surface area contributed by atoms with Gasteiger partial charge in [0.2, 0.25) is 12.7 Å². The lowest BCUT2D eigenvalue weighted by Gasteiger charge is -2.30. The van der Waals surface area contributed by atoms with Gasteiger partial charge in [-0.3, -0.25) is 14.5 Å². The van der Waals surface area contributed by atoms with Crippen molar-refractivity contribution in [2.24, 2.45) is 18.7 Å². The summed E-state index contributed by atoms with van der Waals surface area (Å²) >= 11 is 0. The van der Waals surface area contributed by atoms with Crippen molar-refractivity contribution in [2.75, 3.05) is 39.5 Å². The number of rotatable bonds is 14. The van der Waals surface area contributed by atoms with Crippen molar-refractivity contribution in [2.45, 2.75) is 57.4 Å². The Hall–Kier alpha value is -3.04. The average Bonchev–Trinajstić information content (AvgIpc) is 3.62. The Balaban J connectivity index is 1.58. The summed E-state index contributed by atoms with van der Waals surface area (Å²) in [6, 6.07) is 9.50. The Labute approximate surface area is 225 Å². The van der Waals surface area contributed by atoms with Crippen LogP contribution < -0.4 is 15.2 Å². The van der Waals surface area contributed by atoms with Crippen LogP contribution in [0.4, 0.5) is 0 Å². The molecule has 2 aliphatic heterocycles. The third kappa shape index (κ3) is 6.50. The Morgan fingerprint density at radius 2 is 1.92 bits per heavy atom. The van der Waals surface area contributed by atoms with E-state index in [4.69, 9.17) is 15.2 Å². The molecule has 2 aliphatic rings. The highest BCUT2D eigenvalue weighted by molar-refractivity contribution is 5.79. The van der Waals surface area contributed by atoms with E-state index in [0.29, 0.717) is 37.6 Å². The molecule has 0 saturated carbocycles. The van der Waals surface area contributed by atoms with Crippen molar-refractivity contribution in [3.05, 3.63) is 47.8 Å². The molecule has 4 rings (SSSR count). The number of fused-ring (bicyclic) bond motifs is 1. The molecule has 3 unspecified atom stereocenters. The number of hydrogen-bond acceptors (Lipinski definition) is 6. The number of carbonyl (C=O) groups excluding carboxylic acids is 1. The Bertz CT molecular complexity index is 1090. The summed E-state index contributed by atoms with van der Waals surface area (Å²) in [4.78, 5) is 30.4. The van der Waals surface area contributed by atoms with Gasteiger partial charge in [-0.2, -0.15) is 0 Å². The number of aliphatic carboxylic acids is 1. The second kappa shape index (κ2) is 13.2. The normalized spacial score (nSPS) is 20.7. The number of nitrogens with zero attached hydrogens (tertiary/aromatic N) is 3. The number of aromatic nitrogens is 1. The largest absolute Gasteiger partial charge is 0.481 e. The van der Waals surface area contributed by atoms with Crippen LogP contribution in [-0.2, 0) is 23.1 Å². The smallest absolute Gasteiger partial charge is 0.308 e. The summed E-state index contributed by atoms with van der Waals surface area (Å²) in [5, 5.41) is 10.4. The molecule has 208 valence electrons. The zero-order valence-corrected chi connectivity index (χ0v) is 22.7. The van der Waals surface area contributed by atoms with Gasteiger partial charge in [-0.15, -0.1) is 0 Å². The number of carboxylic acid groups (broad SMARTS) is 1. The number of nitrogens with two attached hydrogens (primary N) is 1. The minimum absolute atomic E-state index is 0.0646. The molecule has 0 bridgehead atoms. The van der Waals surface area contributed by atoms with Crippen LogP contribution in [-0.4, -0.2) is 76.9 Å². The molecule has 3 N–H and O–H groups in total. The van der Waals surface area contributed by atoms with Crippen molar-refractivity contribution >= 4 is 11.9 Å². The topological polar surface area (TPSA) is 110 Å². The van der Waals surface area contributed by atoms with Crippen molar-refractivity contribution in [1.29, 1.82) is 0 Å². The van der Waals surface area contributed by atoms with Crippen LogP contribution in [0.25, 0.3) is 0 Å². The Morgan fingerprint density at radius 1 is 1.13 bits per heavy atom. The third-order valence-electron chi connectivity index (χ3n) is 7.96. The molecule has 9 heteroatoms. The predicted molar refractivity (Wildman–Crippen MR) is 145 cm³/mol. The zero-order chi connectivity index (χ0) is 27.1. The van der Waals surface area contributed by atoms with Gasteiger partial charge in [-0.25, -0.2) is 0 Å². The Morgan fingerprint density at radius 3 is 2.63 bits per heavy atom. The highest BCUT2D eigenvalue weighted by Crippen LogP contribution is 2.43. The standard InChI is InChI=1S/C29H42N4O5/c1-3-4-15-32(16-6-5-13-30)27(34)19-33-18-23(21-9-12-25-26(17-21)38-20-37-25)28(29(35)36)24(33)11-10-22-8-7-14-31(22)2/h7-9,12,14,17,23-24,28H,3-6,10-11,13,15-16,18-20,30H2,1-2H3,(H,35,36). The van der Waals surface area contributed by atoms with E-state index in [1.807, 2.05) is 42.4 Å². The van der Waals surface area contributed by atoms with Crippen molar-refractivity contribution < 1.29 is 24.2 Å². The highest BCUT2D eigenvalue weighted by Gasteiger charge is 2.47. The van der Waals surface area contributed by atoms with E-state index in [0.717, 1.165) is 49.9 Å². The molecule has 1 amide bonds. The van der Waals surface area contributed by atoms with Gasteiger partial charge >= 0.3 is 5.97 Å². The lowest BCUT2D eigenvalue weighted by Crippen LogP contribution is -2.45. The van der Waals surface area contributed by atoms with Crippen LogP contribution in [0, 0.1) is 5.92 Å². The summed E-state index contributed by atoms with van der Waals surface area (Å²) in [6.45, 7) is 5.03. The second-order valence-corrected chi connectivity index (χ2v) is 10.5. The molecule has 3 heterocycles. The van der Waals surface area contributed by atoms with E-state index < -0.39 is 11.9 Å². The van der Waals surface area contributed by atoms with Gasteiger partial charge in [0.05, 0.1) is 12.5 Å². The molecule has 0 spiro atoms. The van der Waals surface area contributed by atoms with Crippen LogP contribution >= 0.6 is 0 Å². The van der Waals surface area contributed by atoms with Gasteiger partial charge in [0.15, 0.2) is 11.5 Å². The molecule has 2 aromatic rings. The van der Waals surface area contributed by atoms with E-state index in [1.165, 1.54) is 0 Å². The maximum Gasteiger partial charge on any atom is 0.308 e. The molecule has 1 fully saturated rings. The molecule has 0 aliphatic carbocycles. The molecule has 3 atom stereocenters. The third-order valence-corrected chi connectivity index (χ3v) is 7.96. The van der Waals surface area contributed by atoms with E-state index in [9.17, 15) is 14.7 Å². The summed E-state index contributed by atoms with van der Waals surface area (Å²) in [5.41, 5.74) is 7.75. The maximum absolute atomic E-state index is 13.6. The van der Waals surface area contributed by atoms with Gasteiger partial charge < -0.3 is 29.8 Å². The molecule has 38 heavy (non-hydrogen) atoms. The number of benzene rings is 1. The average molecular weight is 527 g/mol. The lowest BCUT2D eigenvalue weighted by atomic mass is 9.83. The summed E-state index contributed by atoms with van der Waals surface area (Å²) < 4.78 is 13.1. The first-order chi connectivity index (χ1) is 18.4. The SMILES string of the molecule is CCCCN(CCCCN)C(=O)CN1CC(c2ccc3c(c2)OCO3)C(C(=O)O)C1CCc1cccn1C. The van der Waals surface area contributed by atoms with E-state index >= 15 is 0 Å². The number of carbonyl (C=O) groups is 2. The number of carboxylic acids is 1. The van der Waals surface area contributed by atoms with Crippen LogP contribution in [0.3, 0.4) is 0 Å². The lowest BCUT2D eigenvalue weighted by molar-refractivity contribution is -0.143. The first-order valence-electron chi connectivity index (χ1n) is 13.9. The Kier molecular flexibility index (Phi) is 9.69. The molecule has 1 aromatic carbocycles. The quantitative estimate of drug-likeness (QED) is 0.364. The van der Waals surface area contributed by atoms with Crippen molar-refractivity contribution in [3.63, 3.8) is 0 Å². The van der Waals surface area contributed by atoms with E-state index in [1.54, 1.807) is 0 Å². The van der Waals surface area contributed by atoms with Gasteiger partial charge in [-0.1, -0.05) is 19.4 Å². The van der Waals surface area contributed by atoms with Crippen LogP contribution in [0.5, 0.6) is 11.5 Å². The van der Waals surface area contributed by atoms with Crippen LogP contribution in [0.2, 0.25) is 0 Å². The van der Waals surface area contributed by atoms with E-state index in [2.05, 4.69) is 22.5 Å². The van der Waals surface area contributed by atoms with Crippen LogP contribution in [0.15, 0.2) is 36.5 Å². The molecular weight excluding hydrogens is 484 g/mol. The van der Waals surface area contributed by atoms with Gasteiger partial charge in [0.1, 0.15) is 0 Å². The molecule has 0 radical (unpaired) electrons. The fraction of sp³-hybridized carbons (Fsp3) is 0.586. The number of likely N-dealkylation sites (tertiary alicyclic amines) is 1. The zero-order valence-electron chi connectivity index (χ0n) is 22.7. The number of ether oxygens (including phenoxy) is 2. The monoisotopic (exact) mass is 526 g/mol. The predicted octanol–water partition coefficient (Wildman–Crippen LogP) is 3.22.